The number of aliphatic hydroxyl groups is 1. The molecule has 0 fully saturated rings. The lowest BCUT2D eigenvalue weighted by atomic mass is 10.0. The van der Waals surface area contributed by atoms with Gasteiger partial charge in [-0.15, -0.1) is 0 Å². The first-order chi connectivity index (χ1) is 19.5. The molecule has 0 aliphatic rings. The summed E-state index contributed by atoms with van der Waals surface area (Å²) in [6.45, 7) is 0.893. The zero-order valence-corrected chi connectivity index (χ0v) is 21.7. The summed E-state index contributed by atoms with van der Waals surface area (Å²) in [6.07, 6.45) is -0.144. The maximum absolute atomic E-state index is 12.8. The standard InChI is InChI=1S/C32H30N4O4/c37-28-15-13-25(26-14-16-30(39)36-31(26)28)29(38)20-33-18-17-21-7-6-10-23(19-21)34-32(40)35-27-12-5-4-11-24(27)22-8-2-1-3-9-22/h1-16,19,29,33,37-38H,17-18,20H2,(H,36,39)(H2,34,35,40)/t29-/m1/s1. The average Bonchev–Trinajstić information content (AvgIpc) is 2.96. The van der Waals surface area contributed by atoms with Gasteiger partial charge in [0.05, 0.1) is 17.3 Å². The van der Waals surface area contributed by atoms with Gasteiger partial charge in [-0.1, -0.05) is 66.7 Å². The maximum Gasteiger partial charge on any atom is 0.323 e. The van der Waals surface area contributed by atoms with E-state index in [0.717, 1.165) is 22.4 Å². The van der Waals surface area contributed by atoms with E-state index >= 15 is 0 Å². The summed E-state index contributed by atoms with van der Waals surface area (Å²) in [5, 5.41) is 30.5. The molecule has 1 atom stereocenters. The first-order valence-electron chi connectivity index (χ1n) is 13.0. The van der Waals surface area contributed by atoms with Crippen LogP contribution in [0.15, 0.2) is 108 Å². The third-order valence-corrected chi connectivity index (χ3v) is 6.64. The number of rotatable bonds is 9. The molecular formula is C32H30N4O4. The Labute approximate surface area is 231 Å². The molecule has 0 spiro atoms. The number of aromatic hydroxyl groups is 1. The van der Waals surface area contributed by atoms with Gasteiger partial charge in [0.1, 0.15) is 5.75 Å². The molecule has 2 amide bonds. The number of para-hydroxylation sites is 1. The van der Waals surface area contributed by atoms with Crippen molar-refractivity contribution in [3.05, 3.63) is 125 Å². The van der Waals surface area contributed by atoms with Gasteiger partial charge in [0.25, 0.3) is 0 Å². The zero-order valence-electron chi connectivity index (χ0n) is 21.7. The molecule has 8 heteroatoms. The number of hydrogen-bond donors (Lipinski definition) is 6. The molecule has 0 saturated carbocycles. The van der Waals surface area contributed by atoms with Gasteiger partial charge in [0, 0.05) is 29.2 Å². The number of pyridine rings is 1. The molecule has 6 N–H and O–H groups in total. The highest BCUT2D eigenvalue weighted by atomic mass is 16.3. The summed E-state index contributed by atoms with van der Waals surface area (Å²) in [5.74, 6) is -0.0424. The van der Waals surface area contributed by atoms with Gasteiger partial charge in [0.15, 0.2) is 0 Å². The summed E-state index contributed by atoms with van der Waals surface area (Å²) in [4.78, 5) is 27.0. The van der Waals surface area contributed by atoms with Crippen molar-refractivity contribution in [1.29, 1.82) is 0 Å². The third kappa shape index (κ3) is 6.37. The van der Waals surface area contributed by atoms with Crippen LogP contribution in [0.25, 0.3) is 22.0 Å². The molecule has 5 rings (SSSR count). The molecule has 8 nitrogen and oxygen atoms in total. The Kier molecular flexibility index (Phi) is 8.20. The number of benzene rings is 4. The van der Waals surface area contributed by atoms with Gasteiger partial charge in [-0.3, -0.25) is 4.79 Å². The van der Waals surface area contributed by atoms with E-state index < -0.39 is 6.10 Å². The van der Waals surface area contributed by atoms with Crippen molar-refractivity contribution in [2.75, 3.05) is 23.7 Å². The van der Waals surface area contributed by atoms with Gasteiger partial charge < -0.3 is 31.1 Å². The Hall–Kier alpha value is -4.92. The Bertz CT molecular complexity index is 1680. The van der Waals surface area contributed by atoms with Crippen molar-refractivity contribution in [1.82, 2.24) is 10.3 Å². The predicted octanol–water partition coefficient (Wildman–Crippen LogP) is 5.41. The first kappa shape index (κ1) is 26.7. The van der Waals surface area contributed by atoms with E-state index in [1.165, 1.54) is 12.1 Å². The number of amides is 2. The van der Waals surface area contributed by atoms with E-state index in [0.29, 0.717) is 41.7 Å². The molecule has 0 radical (unpaired) electrons. The fourth-order valence-electron chi connectivity index (χ4n) is 4.68. The van der Waals surface area contributed by atoms with Crippen LogP contribution in [0.5, 0.6) is 5.75 Å². The van der Waals surface area contributed by atoms with E-state index in [1.807, 2.05) is 78.9 Å². The van der Waals surface area contributed by atoms with Crippen LogP contribution in [-0.2, 0) is 6.42 Å². The Morgan fingerprint density at radius 2 is 1.65 bits per heavy atom. The summed E-state index contributed by atoms with van der Waals surface area (Å²) in [5.41, 5.74) is 4.98. The number of carbonyl (C=O) groups is 1. The van der Waals surface area contributed by atoms with Crippen molar-refractivity contribution < 1.29 is 15.0 Å². The molecular weight excluding hydrogens is 504 g/mol. The maximum atomic E-state index is 12.8. The number of hydrogen-bond acceptors (Lipinski definition) is 5. The van der Waals surface area contributed by atoms with E-state index in [2.05, 4.69) is 20.9 Å². The lowest BCUT2D eigenvalue weighted by Crippen LogP contribution is -2.24. The van der Waals surface area contributed by atoms with Crippen LogP contribution in [-0.4, -0.2) is 34.3 Å². The lowest BCUT2D eigenvalue weighted by molar-refractivity contribution is 0.176. The number of nitrogens with one attached hydrogen (secondary N) is 4. The van der Waals surface area contributed by atoms with Gasteiger partial charge in [-0.2, -0.15) is 0 Å². The van der Waals surface area contributed by atoms with Crippen molar-refractivity contribution >= 4 is 28.3 Å². The minimum atomic E-state index is -0.829. The monoisotopic (exact) mass is 534 g/mol. The Morgan fingerprint density at radius 3 is 2.50 bits per heavy atom. The number of fused-ring (bicyclic) bond motifs is 1. The van der Waals surface area contributed by atoms with Gasteiger partial charge in [-0.05, 0) is 60.0 Å². The molecule has 0 aliphatic carbocycles. The molecule has 0 saturated heterocycles. The highest BCUT2D eigenvalue weighted by Gasteiger charge is 2.14. The molecule has 1 aromatic heterocycles. The number of anilines is 2. The molecule has 0 unspecified atom stereocenters. The summed E-state index contributed by atoms with van der Waals surface area (Å²) < 4.78 is 0. The second kappa shape index (κ2) is 12.3. The van der Waals surface area contributed by atoms with Crippen molar-refractivity contribution in [2.24, 2.45) is 0 Å². The number of carbonyl (C=O) groups excluding carboxylic acids is 1. The highest BCUT2D eigenvalue weighted by Crippen LogP contribution is 2.29. The van der Waals surface area contributed by atoms with Crippen LogP contribution in [0.4, 0.5) is 16.2 Å². The molecule has 202 valence electrons. The van der Waals surface area contributed by atoms with Gasteiger partial charge in [-0.25, -0.2) is 4.79 Å². The lowest BCUT2D eigenvalue weighted by Gasteiger charge is -2.15. The molecule has 1 heterocycles. The number of phenolic OH excluding ortho intramolecular Hbond substituents is 1. The first-order valence-corrected chi connectivity index (χ1v) is 13.0. The fourth-order valence-corrected chi connectivity index (χ4v) is 4.68. The highest BCUT2D eigenvalue weighted by molar-refractivity contribution is 6.02. The largest absolute Gasteiger partial charge is 0.506 e. The molecule has 5 aromatic rings. The fraction of sp³-hybridized carbons (Fsp3) is 0.125. The minimum Gasteiger partial charge on any atom is -0.506 e. The van der Waals surface area contributed by atoms with Gasteiger partial charge >= 0.3 is 6.03 Å². The van der Waals surface area contributed by atoms with Crippen molar-refractivity contribution in [3.8, 4) is 16.9 Å². The number of phenols is 1. The smallest absolute Gasteiger partial charge is 0.323 e. The summed E-state index contributed by atoms with van der Waals surface area (Å²) in [7, 11) is 0. The predicted molar refractivity (Wildman–Crippen MR) is 159 cm³/mol. The van der Waals surface area contributed by atoms with Crippen LogP contribution < -0.4 is 21.5 Å². The number of aliphatic hydroxyl groups excluding tert-OH is 1. The quantitative estimate of drug-likeness (QED) is 0.141. The van der Waals surface area contributed by atoms with Crippen LogP contribution in [0.2, 0.25) is 0 Å². The van der Waals surface area contributed by atoms with Crippen LogP contribution >= 0.6 is 0 Å². The number of H-pyrrole nitrogens is 1. The second-order valence-corrected chi connectivity index (χ2v) is 9.45. The Balaban J connectivity index is 1.15. The molecule has 0 bridgehead atoms. The normalized spacial score (nSPS) is 11.7. The van der Waals surface area contributed by atoms with Crippen LogP contribution in [0.1, 0.15) is 17.2 Å². The summed E-state index contributed by atoms with van der Waals surface area (Å²) >= 11 is 0. The average molecular weight is 535 g/mol. The third-order valence-electron chi connectivity index (χ3n) is 6.64. The number of aromatic nitrogens is 1. The number of urea groups is 1. The zero-order chi connectivity index (χ0) is 27.9. The van der Waals surface area contributed by atoms with E-state index in [9.17, 15) is 19.8 Å². The van der Waals surface area contributed by atoms with E-state index in [-0.39, 0.29) is 17.3 Å². The van der Waals surface area contributed by atoms with E-state index in [4.69, 9.17) is 0 Å². The SMILES string of the molecule is O=C(Nc1cccc(CCNC[C@@H](O)c2ccc(O)c3[nH]c(=O)ccc23)c1)Nc1ccccc1-c1ccccc1. The second-order valence-electron chi connectivity index (χ2n) is 9.45. The molecule has 0 aliphatic heterocycles. The van der Waals surface area contributed by atoms with Gasteiger partial charge in [0.2, 0.25) is 5.56 Å². The van der Waals surface area contributed by atoms with Crippen molar-refractivity contribution in [2.45, 2.75) is 12.5 Å². The van der Waals surface area contributed by atoms with E-state index in [1.54, 1.807) is 12.1 Å². The topological polar surface area (TPSA) is 126 Å². The Morgan fingerprint density at radius 1 is 0.850 bits per heavy atom. The minimum absolute atomic E-state index is 0.0424. The molecule has 4 aromatic carbocycles. The summed E-state index contributed by atoms with van der Waals surface area (Å²) in [6, 6.07) is 31.0. The van der Waals surface area contributed by atoms with Crippen LogP contribution in [0, 0.1) is 0 Å². The van der Waals surface area contributed by atoms with Crippen LogP contribution in [0.3, 0.4) is 0 Å². The molecule has 40 heavy (non-hydrogen) atoms. The van der Waals surface area contributed by atoms with Crippen molar-refractivity contribution in [3.63, 3.8) is 0 Å². The number of aromatic amines is 1.